The molecule has 0 aromatic heterocycles. The van der Waals surface area contributed by atoms with Crippen LogP contribution in [0.2, 0.25) is 0 Å². The average Bonchev–Trinajstić information content (AvgIpc) is 2.04. The maximum absolute atomic E-state index is 10.5. The van der Waals surface area contributed by atoms with Gasteiger partial charge in [-0.15, -0.1) is 0 Å². The van der Waals surface area contributed by atoms with Crippen LogP contribution in [0.1, 0.15) is 25.7 Å². The van der Waals surface area contributed by atoms with E-state index in [0.29, 0.717) is 6.42 Å². The molecule has 1 rings (SSSR count). The zero-order valence-corrected chi connectivity index (χ0v) is 6.94. The molecular weight excluding hydrogens is 158 g/mol. The van der Waals surface area contributed by atoms with Gasteiger partial charge < -0.3 is 15.9 Å². The topological polar surface area (TPSA) is 83.6 Å². The zero-order valence-electron chi connectivity index (χ0n) is 6.94. The quantitative estimate of drug-likeness (QED) is 0.546. The molecule has 0 spiro atoms. The molecule has 0 aliphatic heterocycles. The summed E-state index contributed by atoms with van der Waals surface area (Å²) in [6.07, 6.45) is 2.84. The molecule has 0 aromatic carbocycles. The number of hydrogen-bond acceptors (Lipinski definition) is 3. The monoisotopic (exact) mass is 173 g/mol. The smallest absolute Gasteiger partial charge is 0.320 e. The minimum absolute atomic E-state index is 0.253. The number of hydrogen-bond donors (Lipinski definition) is 3. The van der Waals surface area contributed by atoms with Crippen LogP contribution >= 0.6 is 0 Å². The summed E-state index contributed by atoms with van der Waals surface area (Å²) in [7, 11) is 0. The van der Waals surface area contributed by atoms with Crippen LogP contribution in [0.4, 0.5) is 0 Å². The van der Waals surface area contributed by atoms with E-state index in [1.165, 1.54) is 0 Å². The van der Waals surface area contributed by atoms with E-state index in [2.05, 4.69) is 0 Å². The molecule has 0 radical (unpaired) electrons. The van der Waals surface area contributed by atoms with Crippen LogP contribution in [-0.2, 0) is 4.79 Å². The van der Waals surface area contributed by atoms with Gasteiger partial charge in [-0.3, -0.25) is 4.79 Å². The number of carboxylic acids is 1. The Morgan fingerprint density at radius 3 is 2.50 bits per heavy atom. The Balaban J connectivity index is 2.53. The van der Waals surface area contributed by atoms with Crippen molar-refractivity contribution < 1.29 is 15.0 Å². The van der Waals surface area contributed by atoms with E-state index >= 15 is 0 Å². The lowest BCUT2D eigenvalue weighted by Gasteiger charge is -2.29. The summed E-state index contributed by atoms with van der Waals surface area (Å²) in [5.41, 5.74) is 5.42. The maximum atomic E-state index is 10.5. The predicted octanol–water partition coefficient (Wildman–Crippen LogP) is -0.0506. The molecule has 4 N–H and O–H groups in total. The highest BCUT2D eigenvalue weighted by atomic mass is 16.4. The van der Waals surface area contributed by atoms with Crippen molar-refractivity contribution in [3.63, 3.8) is 0 Å². The van der Waals surface area contributed by atoms with Gasteiger partial charge in [0.2, 0.25) is 0 Å². The highest BCUT2D eigenvalue weighted by Crippen LogP contribution is 2.26. The second-order valence-electron chi connectivity index (χ2n) is 3.38. The highest BCUT2D eigenvalue weighted by molar-refractivity contribution is 5.73. The van der Waals surface area contributed by atoms with Gasteiger partial charge in [0, 0.05) is 5.92 Å². The van der Waals surface area contributed by atoms with Gasteiger partial charge in [0.15, 0.2) is 0 Å². The van der Waals surface area contributed by atoms with Crippen LogP contribution in [-0.4, -0.2) is 28.3 Å². The average molecular weight is 173 g/mol. The van der Waals surface area contributed by atoms with Crippen LogP contribution < -0.4 is 5.73 Å². The third kappa shape index (κ3) is 1.95. The summed E-state index contributed by atoms with van der Waals surface area (Å²) in [6.45, 7) is 0. The van der Waals surface area contributed by atoms with Gasteiger partial charge >= 0.3 is 5.97 Å². The van der Waals surface area contributed by atoms with E-state index in [4.69, 9.17) is 10.8 Å². The van der Waals surface area contributed by atoms with Gasteiger partial charge in [-0.05, 0) is 12.8 Å². The Hall–Kier alpha value is -0.610. The highest BCUT2D eigenvalue weighted by Gasteiger charge is 2.32. The molecule has 0 aromatic rings. The van der Waals surface area contributed by atoms with Crippen LogP contribution in [0.3, 0.4) is 0 Å². The first kappa shape index (κ1) is 9.48. The van der Waals surface area contributed by atoms with Gasteiger partial charge in [-0.25, -0.2) is 0 Å². The molecule has 1 fully saturated rings. The number of nitrogens with two attached hydrogens (primary N) is 1. The fourth-order valence-corrected chi connectivity index (χ4v) is 1.74. The van der Waals surface area contributed by atoms with Crippen molar-refractivity contribution in [2.75, 3.05) is 0 Å². The Morgan fingerprint density at radius 1 is 1.42 bits per heavy atom. The van der Waals surface area contributed by atoms with Crippen molar-refractivity contribution in [1.82, 2.24) is 0 Å². The molecule has 0 bridgehead atoms. The summed E-state index contributed by atoms with van der Waals surface area (Å²) in [6, 6.07) is -0.903. The molecule has 1 aliphatic rings. The summed E-state index contributed by atoms with van der Waals surface area (Å²) < 4.78 is 0. The lowest BCUT2D eigenvalue weighted by atomic mass is 9.82. The van der Waals surface area contributed by atoms with E-state index in [0.717, 1.165) is 19.3 Å². The second kappa shape index (κ2) is 3.87. The van der Waals surface area contributed by atoms with Crippen LogP contribution in [0.25, 0.3) is 0 Å². The summed E-state index contributed by atoms with van der Waals surface area (Å²) in [5.74, 6) is -1.27. The first-order valence-corrected chi connectivity index (χ1v) is 4.29. The maximum Gasteiger partial charge on any atom is 0.320 e. The third-order valence-corrected chi connectivity index (χ3v) is 2.53. The number of aliphatic hydroxyl groups is 1. The van der Waals surface area contributed by atoms with Gasteiger partial charge in [-0.1, -0.05) is 12.8 Å². The Bertz CT molecular complexity index is 172. The molecule has 4 heteroatoms. The minimum atomic E-state index is -1.01. The molecule has 4 nitrogen and oxygen atoms in total. The molecule has 1 aliphatic carbocycles. The number of carboxylic acid groups (broad SMARTS) is 1. The fraction of sp³-hybridized carbons (Fsp3) is 0.875. The van der Waals surface area contributed by atoms with E-state index in [9.17, 15) is 9.90 Å². The Kier molecular flexibility index (Phi) is 3.05. The normalized spacial score (nSPS) is 32.8. The second-order valence-corrected chi connectivity index (χ2v) is 3.38. The fourth-order valence-electron chi connectivity index (χ4n) is 1.74. The Morgan fingerprint density at radius 2 is 2.00 bits per heavy atom. The Labute approximate surface area is 71.4 Å². The zero-order chi connectivity index (χ0) is 9.14. The van der Waals surface area contributed by atoms with Crippen molar-refractivity contribution >= 4 is 5.97 Å². The van der Waals surface area contributed by atoms with Crippen molar-refractivity contribution in [3.8, 4) is 0 Å². The van der Waals surface area contributed by atoms with Gasteiger partial charge in [0.1, 0.15) is 6.04 Å². The molecule has 0 amide bonds. The predicted molar refractivity (Wildman–Crippen MR) is 43.6 cm³/mol. The van der Waals surface area contributed by atoms with Crippen molar-refractivity contribution in [2.45, 2.75) is 37.8 Å². The number of aliphatic hydroxyl groups excluding tert-OH is 1. The molecule has 0 heterocycles. The molecule has 12 heavy (non-hydrogen) atoms. The number of carbonyl (C=O) groups is 1. The number of aliphatic carboxylic acids is 1. The van der Waals surface area contributed by atoms with Crippen molar-refractivity contribution in [3.05, 3.63) is 0 Å². The molecule has 70 valence electrons. The largest absolute Gasteiger partial charge is 0.480 e. The number of rotatable bonds is 2. The van der Waals surface area contributed by atoms with E-state index in [1.54, 1.807) is 0 Å². The van der Waals surface area contributed by atoms with Gasteiger partial charge in [0.25, 0.3) is 0 Å². The molecule has 0 saturated heterocycles. The summed E-state index contributed by atoms with van der Waals surface area (Å²) in [5, 5.41) is 18.1. The van der Waals surface area contributed by atoms with E-state index < -0.39 is 18.1 Å². The van der Waals surface area contributed by atoms with Crippen LogP contribution in [0, 0.1) is 5.92 Å². The molecule has 3 unspecified atom stereocenters. The van der Waals surface area contributed by atoms with Gasteiger partial charge in [0.05, 0.1) is 6.10 Å². The van der Waals surface area contributed by atoms with E-state index in [-0.39, 0.29) is 5.92 Å². The van der Waals surface area contributed by atoms with Crippen LogP contribution in [0.5, 0.6) is 0 Å². The molecule has 3 atom stereocenters. The molecule has 1 saturated carbocycles. The van der Waals surface area contributed by atoms with Gasteiger partial charge in [-0.2, -0.15) is 0 Å². The minimum Gasteiger partial charge on any atom is -0.480 e. The lowest BCUT2D eigenvalue weighted by Crippen LogP contribution is -2.45. The standard InChI is InChI=1S/C8H15NO3/c9-7(8(11)12)5-3-1-2-4-6(5)10/h5-7,10H,1-4,9H2,(H,11,12). The summed E-state index contributed by atoms with van der Waals surface area (Å²) >= 11 is 0. The first-order chi connectivity index (χ1) is 5.63. The molecular formula is C8H15NO3. The van der Waals surface area contributed by atoms with Crippen LogP contribution in [0.15, 0.2) is 0 Å². The lowest BCUT2D eigenvalue weighted by molar-refractivity contribution is -0.141. The first-order valence-electron chi connectivity index (χ1n) is 4.29. The van der Waals surface area contributed by atoms with E-state index in [1.807, 2.05) is 0 Å². The van der Waals surface area contributed by atoms with Crippen molar-refractivity contribution in [1.29, 1.82) is 0 Å². The van der Waals surface area contributed by atoms with Crippen molar-refractivity contribution in [2.24, 2.45) is 11.7 Å². The summed E-state index contributed by atoms with van der Waals surface area (Å²) in [4.78, 5) is 10.5. The SMILES string of the molecule is NC(C(=O)O)C1CCCCC1O. The third-order valence-electron chi connectivity index (χ3n) is 2.53.